The SMILES string of the molecule is C=Cc1c(/C=C\C)n(-c2ccc(-c3cccc(-c4cccc(-c5ccc(-n6c7ccccc7c7ccccc76)cc5)c4)c3)cc2)c2ccccc12. The molecule has 2 heteroatoms. The van der Waals surface area contributed by atoms with Crippen LogP contribution in [0.1, 0.15) is 18.2 Å². The summed E-state index contributed by atoms with van der Waals surface area (Å²) in [6.07, 6.45) is 6.22. The third kappa shape index (κ3) is 5.21. The summed E-state index contributed by atoms with van der Waals surface area (Å²) in [6, 6.07) is 61.4. The van der Waals surface area contributed by atoms with Crippen LogP contribution in [0.5, 0.6) is 0 Å². The average Bonchev–Trinajstić information content (AvgIpc) is 3.70. The van der Waals surface area contributed by atoms with Crippen LogP contribution in [-0.4, -0.2) is 9.13 Å². The number of aromatic nitrogens is 2. The lowest BCUT2D eigenvalue weighted by Crippen LogP contribution is -1.97. The van der Waals surface area contributed by atoms with Crippen molar-refractivity contribution >= 4 is 44.9 Å². The van der Waals surface area contributed by atoms with E-state index in [9.17, 15) is 0 Å². The maximum absolute atomic E-state index is 4.12. The number of hydrogen-bond donors (Lipinski definition) is 0. The molecule has 242 valence electrons. The summed E-state index contributed by atoms with van der Waals surface area (Å²) < 4.78 is 4.69. The second kappa shape index (κ2) is 12.7. The Morgan fingerprint density at radius 3 is 1.29 bits per heavy atom. The Bertz CT molecular complexity index is 2700. The minimum atomic E-state index is 1.13. The molecule has 51 heavy (non-hydrogen) atoms. The molecule has 0 aliphatic rings. The molecule has 0 bridgehead atoms. The van der Waals surface area contributed by atoms with E-state index in [2.05, 4.69) is 205 Å². The number of nitrogens with zero attached hydrogens (tertiary/aromatic N) is 2. The zero-order chi connectivity index (χ0) is 34.3. The Kier molecular flexibility index (Phi) is 7.56. The predicted octanol–water partition coefficient (Wildman–Crippen LogP) is 13.4. The number of fused-ring (bicyclic) bond motifs is 4. The monoisotopic (exact) mass is 652 g/mol. The van der Waals surface area contributed by atoms with Crippen molar-refractivity contribution in [1.82, 2.24) is 9.13 Å². The minimum absolute atomic E-state index is 1.13. The second-order valence-corrected chi connectivity index (χ2v) is 13.0. The van der Waals surface area contributed by atoms with Crippen molar-refractivity contribution < 1.29 is 0 Å². The van der Waals surface area contributed by atoms with Crippen LogP contribution in [-0.2, 0) is 0 Å². The van der Waals surface area contributed by atoms with Gasteiger partial charge in [0.05, 0.1) is 22.2 Å². The van der Waals surface area contributed by atoms with Gasteiger partial charge in [0.15, 0.2) is 0 Å². The molecule has 0 N–H and O–H groups in total. The van der Waals surface area contributed by atoms with E-state index in [0.29, 0.717) is 0 Å². The molecule has 9 rings (SSSR count). The molecule has 2 heterocycles. The summed E-state index contributed by atoms with van der Waals surface area (Å²) in [5.41, 5.74) is 15.4. The molecule has 9 aromatic rings. The van der Waals surface area contributed by atoms with Gasteiger partial charge in [-0.25, -0.2) is 0 Å². The van der Waals surface area contributed by atoms with E-state index in [1.54, 1.807) is 0 Å². The van der Waals surface area contributed by atoms with Gasteiger partial charge >= 0.3 is 0 Å². The normalized spacial score (nSPS) is 11.6. The number of para-hydroxylation sites is 3. The van der Waals surface area contributed by atoms with E-state index in [0.717, 1.165) is 22.6 Å². The molecule has 0 saturated heterocycles. The van der Waals surface area contributed by atoms with Crippen molar-refractivity contribution in [3.05, 3.63) is 194 Å². The molecule has 0 amide bonds. The van der Waals surface area contributed by atoms with Crippen LogP contribution in [0.15, 0.2) is 183 Å². The number of rotatable bonds is 7. The first kappa shape index (κ1) is 30.4. The van der Waals surface area contributed by atoms with E-state index in [-0.39, 0.29) is 0 Å². The van der Waals surface area contributed by atoms with Gasteiger partial charge in [0.25, 0.3) is 0 Å². The molecule has 2 aromatic heterocycles. The molecule has 0 fully saturated rings. The molecule has 7 aromatic carbocycles. The standard InChI is InChI=1S/C49H36N2/c1-3-13-46-42(4-2)43-18-5-8-21-47(43)50(46)40-28-24-34(25-29-40)36-14-11-16-38(32-36)39-17-12-15-37(33-39)35-26-30-41(31-27-35)51-48-22-9-6-19-44(48)45-20-7-10-23-49(45)51/h3-33H,2H2,1H3/b13-3-. The molecule has 0 unspecified atom stereocenters. The second-order valence-electron chi connectivity index (χ2n) is 13.0. The first-order valence-electron chi connectivity index (χ1n) is 17.5. The molecule has 0 spiro atoms. The molecule has 0 atom stereocenters. The third-order valence-electron chi connectivity index (χ3n) is 10.0. The number of allylic oxidation sites excluding steroid dienone is 1. The molecule has 2 nitrogen and oxygen atoms in total. The van der Waals surface area contributed by atoms with Gasteiger partial charge in [0.1, 0.15) is 0 Å². The van der Waals surface area contributed by atoms with E-state index in [4.69, 9.17) is 0 Å². The van der Waals surface area contributed by atoms with Crippen molar-refractivity contribution in [2.75, 3.05) is 0 Å². The molecule has 0 radical (unpaired) electrons. The third-order valence-corrected chi connectivity index (χ3v) is 10.0. The molecule has 0 aliphatic heterocycles. The highest BCUT2D eigenvalue weighted by atomic mass is 15.0. The molecular weight excluding hydrogens is 617 g/mol. The Morgan fingerprint density at radius 2 is 0.824 bits per heavy atom. The van der Waals surface area contributed by atoms with Gasteiger partial charge in [-0.1, -0.05) is 134 Å². The maximum Gasteiger partial charge on any atom is 0.0541 e. The summed E-state index contributed by atoms with van der Waals surface area (Å²) in [4.78, 5) is 0. The van der Waals surface area contributed by atoms with Gasteiger partial charge in [-0.3, -0.25) is 0 Å². The quantitative estimate of drug-likeness (QED) is 0.162. The molecular formula is C49H36N2. The summed E-state index contributed by atoms with van der Waals surface area (Å²) in [5.74, 6) is 0. The van der Waals surface area contributed by atoms with Crippen LogP contribution in [0.3, 0.4) is 0 Å². The fourth-order valence-corrected chi connectivity index (χ4v) is 7.66. The van der Waals surface area contributed by atoms with Crippen molar-refractivity contribution in [1.29, 1.82) is 0 Å². The Hall–Kier alpha value is -6.64. The molecule has 0 saturated carbocycles. The van der Waals surface area contributed by atoms with Gasteiger partial charge in [-0.05, 0) is 101 Å². The Balaban J connectivity index is 1.02. The van der Waals surface area contributed by atoms with Crippen molar-refractivity contribution in [2.45, 2.75) is 6.92 Å². The van der Waals surface area contributed by atoms with Crippen LogP contribution in [0.25, 0.3) is 89.6 Å². The molecule has 0 aliphatic carbocycles. The van der Waals surface area contributed by atoms with Crippen LogP contribution in [0.4, 0.5) is 0 Å². The van der Waals surface area contributed by atoms with Crippen LogP contribution in [0.2, 0.25) is 0 Å². The minimum Gasteiger partial charge on any atom is -0.309 e. The van der Waals surface area contributed by atoms with Crippen LogP contribution < -0.4 is 0 Å². The lowest BCUT2D eigenvalue weighted by atomic mass is 9.96. The Morgan fingerprint density at radius 1 is 0.412 bits per heavy atom. The smallest absolute Gasteiger partial charge is 0.0541 e. The highest BCUT2D eigenvalue weighted by Crippen LogP contribution is 2.35. The van der Waals surface area contributed by atoms with Crippen molar-refractivity contribution in [3.8, 4) is 44.8 Å². The first-order chi connectivity index (χ1) is 25.2. The lowest BCUT2D eigenvalue weighted by Gasteiger charge is -2.12. The number of hydrogen-bond acceptors (Lipinski definition) is 0. The largest absolute Gasteiger partial charge is 0.309 e. The van der Waals surface area contributed by atoms with E-state index < -0.39 is 0 Å². The number of benzene rings is 7. The topological polar surface area (TPSA) is 9.86 Å². The van der Waals surface area contributed by atoms with Gasteiger partial charge in [0.2, 0.25) is 0 Å². The van der Waals surface area contributed by atoms with Gasteiger partial charge in [0, 0.05) is 33.1 Å². The fraction of sp³-hybridized carbons (Fsp3) is 0.0204. The maximum atomic E-state index is 4.12. The van der Waals surface area contributed by atoms with E-state index >= 15 is 0 Å². The highest BCUT2D eigenvalue weighted by Gasteiger charge is 2.15. The average molecular weight is 653 g/mol. The lowest BCUT2D eigenvalue weighted by molar-refractivity contribution is 1.10. The summed E-state index contributed by atoms with van der Waals surface area (Å²) in [5, 5.41) is 3.76. The summed E-state index contributed by atoms with van der Waals surface area (Å²) in [7, 11) is 0. The summed E-state index contributed by atoms with van der Waals surface area (Å²) in [6.45, 7) is 6.18. The van der Waals surface area contributed by atoms with Crippen molar-refractivity contribution in [3.63, 3.8) is 0 Å². The van der Waals surface area contributed by atoms with E-state index in [1.165, 1.54) is 66.1 Å². The van der Waals surface area contributed by atoms with E-state index in [1.807, 2.05) is 6.08 Å². The zero-order valence-electron chi connectivity index (χ0n) is 28.5. The van der Waals surface area contributed by atoms with Gasteiger partial charge in [-0.15, -0.1) is 0 Å². The predicted molar refractivity (Wildman–Crippen MR) is 219 cm³/mol. The zero-order valence-corrected chi connectivity index (χ0v) is 28.5. The van der Waals surface area contributed by atoms with Gasteiger partial charge in [-0.2, -0.15) is 0 Å². The first-order valence-corrected chi connectivity index (χ1v) is 17.5. The Labute approximate surface area is 298 Å². The summed E-state index contributed by atoms with van der Waals surface area (Å²) >= 11 is 0. The van der Waals surface area contributed by atoms with Crippen LogP contribution >= 0.6 is 0 Å². The highest BCUT2D eigenvalue weighted by molar-refractivity contribution is 6.09. The van der Waals surface area contributed by atoms with Crippen molar-refractivity contribution in [2.24, 2.45) is 0 Å². The van der Waals surface area contributed by atoms with Gasteiger partial charge < -0.3 is 9.13 Å². The fourth-order valence-electron chi connectivity index (χ4n) is 7.66. The van der Waals surface area contributed by atoms with Crippen LogP contribution in [0, 0.1) is 0 Å².